The lowest BCUT2D eigenvalue weighted by molar-refractivity contribution is 0.562. The average Bonchev–Trinajstić information content (AvgIpc) is 2.48. The van der Waals surface area contributed by atoms with Crippen molar-refractivity contribution >= 4 is 19.9 Å². The lowest BCUT2D eigenvalue weighted by Gasteiger charge is -2.11. The Kier molecular flexibility index (Phi) is 3.71. The van der Waals surface area contributed by atoms with Crippen LogP contribution in [0, 0.1) is 0 Å². The normalized spacial score (nSPS) is 14.9. The maximum Gasteiger partial charge on any atom is 0.226 e. The first-order valence-electron chi connectivity index (χ1n) is 4.36. The van der Waals surface area contributed by atoms with Crippen molar-refractivity contribution in [1.29, 1.82) is 0 Å². The highest BCUT2D eigenvalue weighted by atomic mass is 32.3. The van der Waals surface area contributed by atoms with Crippen molar-refractivity contribution in [3.8, 4) is 0 Å². The molecule has 0 amide bonds. The highest BCUT2D eigenvalue weighted by molar-refractivity contribution is 8.06. The molecule has 1 aromatic rings. The van der Waals surface area contributed by atoms with Gasteiger partial charge < -0.3 is 4.98 Å². The minimum absolute atomic E-state index is 0.428. The molecule has 0 aromatic carbocycles. The SMILES string of the molecule is CC(NS(=O)(=O)CS(C)(=O)=O)c1ncc[nH]1. The number of hydrogen-bond acceptors (Lipinski definition) is 5. The van der Waals surface area contributed by atoms with Gasteiger partial charge in [0, 0.05) is 18.6 Å². The number of aromatic nitrogens is 2. The average molecular weight is 267 g/mol. The molecule has 0 aliphatic carbocycles. The van der Waals surface area contributed by atoms with Crippen LogP contribution in [0.25, 0.3) is 0 Å². The standard InChI is InChI=1S/C7H13N3O4S2/c1-6(7-8-3-4-9-7)10-16(13,14)5-15(2,11)12/h3-4,6,10H,5H2,1-2H3,(H,8,9). The second-order valence-electron chi connectivity index (χ2n) is 3.47. The van der Waals surface area contributed by atoms with E-state index in [4.69, 9.17) is 0 Å². The summed E-state index contributed by atoms with van der Waals surface area (Å²) in [5.74, 6) is 0.428. The van der Waals surface area contributed by atoms with Gasteiger partial charge in [-0.25, -0.2) is 26.5 Å². The van der Waals surface area contributed by atoms with Gasteiger partial charge in [-0.2, -0.15) is 0 Å². The van der Waals surface area contributed by atoms with Gasteiger partial charge in [-0.1, -0.05) is 0 Å². The van der Waals surface area contributed by atoms with Gasteiger partial charge in [0.1, 0.15) is 5.82 Å². The first kappa shape index (κ1) is 13.1. The number of sulfonamides is 1. The molecule has 0 saturated carbocycles. The Labute approximate surface area is 94.3 Å². The van der Waals surface area contributed by atoms with Crippen LogP contribution in [0.3, 0.4) is 0 Å². The van der Waals surface area contributed by atoms with Gasteiger partial charge in [0.05, 0.1) is 6.04 Å². The molecule has 0 spiro atoms. The third kappa shape index (κ3) is 4.29. The fraction of sp³-hybridized carbons (Fsp3) is 0.571. The van der Waals surface area contributed by atoms with E-state index in [1.807, 2.05) is 0 Å². The molecule has 1 unspecified atom stereocenters. The fourth-order valence-corrected chi connectivity index (χ4v) is 4.33. The molecule has 0 radical (unpaired) electrons. The maximum atomic E-state index is 11.4. The molecule has 0 aliphatic rings. The minimum atomic E-state index is -3.86. The van der Waals surface area contributed by atoms with E-state index in [2.05, 4.69) is 14.7 Å². The van der Waals surface area contributed by atoms with Gasteiger partial charge >= 0.3 is 0 Å². The Morgan fingerprint density at radius 2 is 2.06 bits per heavy atom. The van der Waals surface area contributed by atoms with Crippen molar-refractivity contribution in [3.63, 3.8) is 0 Å². The summed E-state index contributed by atoms with van der Waals surface area (Å²) in [6.45, 7) is 1.57. The van der Waals surface area contributed by atoms with Gasteiger partial charge in [0.2, 0.25) is 10.0 Å². The number of rotatable bonds is 5. The van der Waals surface area contributed by atoms with Crippen LogP contribution in [0.4, 0.5) is 0 Å². The lowest BCUT2D eigenvalue weighted by atomic mass is 10.3. The van der Waals surface area contributed by atoms with Crippen LogP contribution in [0.1, 0.15) is 18.8 Å². The zero-order chi connectivity index (χ0) is 12.4. The number of aromatic amines is 1. The van der Waals surface area contributed by atoms with E-state index in [1.54, 1.807) is 13.1 Å². The third-order valence-corrected chi connectivity index (χ3v) is 5.32. The van der Waals surface area contributed by atoms with Crippen LogP contribution in [-0.4, -0.2) is 38.1 Å². The van der Waals surface area contributed by atoms with Gasteiger partial charge in [-0.05, 0) is 6.92 Å². The van der Waals surface area contributed by atoms with E-state index in [0.717, 1.165) is 6.26 Å². The first-order chi connectivity index (χ1) is 7.20. The van der Waals surface area contributed by atoms with Crippen molar-refractivity contribution in [2.45, 2.75) is 13.0 Å². The molecule has 2 N–H and O–H groups in total. The van der Waals surface area contributed by atoms with Crippen LogP contribution < -0.4 is 4.72 Å². The summed E-state index contributed by atoms with van der Waals surface area (Å²) in [6.07, 6.45) is 3.90. The van der Waals surface area contributed by atoms with Gasteiger partial charge in [-0.3, -0.25) is 0 Å². The van der Waals surface area contributed by atoms with Gasteiger partial charge in [0.25, 0.3) is 0 Å². The van der Waals surface area contributed by atoms with Crippen LogP contribution in [0.2, 0.25) is 0 Å². The summed E-state index contributed by atoms with van der Waals surface area (Å²) in [5.41, 5.74) is 0. The summed E-state index contributed by atoms with van der Waals surface area (Å²) < 4.78 is 46.8. The third-order valence-electron chi connectivity index (χ3n) is 1.66. The largest absolute Gasteiger partial charge is 0.347 e. The molecule has 1 aromatic heterocycles. The second-order valence-corrected chi connectivity index (χ2v) is 7.73. The molecule has 16 heavy (non-hydrogen) atoms. The number of hydrogen-bond donors (Lipinski definition) is 2. The van der Waals surface area contributed by atoms with E-state index in [1.165, 1.54) is 6.20 Å². The minimum Gasteiger partial charge on any atom is -0.347 e. The first-order valence-corrected chi connectivity index (χ1v) is 8.08. The molecule has 0 aliphatic heterocycles. The predicted molar refractivity (Wildman–Crippen MR) is 58.8 cm³/mol. The fourth-order valence-electron chi connectivity index (χ4n) is 1.16. The molecule has 9 heteroatoms. The van der Waals surface area contributed by atoms with Crippen molar-refractivity contribution < 1.29 is 16.8 Å². The zero-order valence-electron chi connectivity index (χ0n) is 8.84. The summed E-state index contributed by atoms with van der Waals surface area (Å²) >= 11 is 0. The highest BCUT2D eigenvalue weighted by Gasteiger charge is 2.21. The molecule has 1 atom stereocenters. The second kappa shape index (κ2) is 4.52. The molecule has 1 rings (SSSR count). The van der Waals surface area contributed by atoms with Crippen LogP contribution in [0.15, 0.2) is 12.4 Å². The van der Waals surface area contributed by atoms with Crippen molar-refractivity contribution in [2.75, 3.05) is 11.3 Å². The van der Waals surface area contributed by atoms with Gasteiger partial charge in [0.15, 0.2) is 14.9 Å². The quantitative estimate of drug-likeness (QED) is 0.740. The number of nitrogens with zero attached hydrogens (tertiary/aromatic N) is 1. The van der Waals surface area contributed by atoms with E-state index >= 15 is 0 Å². The van der Waals surface area contributed by atoms with Crippen LogP contribution >= 0.6 is 0 Å². The van der Waals surface area contributed by atoms with Crippen LogP contribution in [-0.2, 0) is 19.9 Å². The van der Waals surface area contributed by atoms with Crippen molar-refractivity contribution in [2.24, 2.45) is 0 Å². The maximum absolute atomic E-state index is 11.4. The molecular formula is C7H13N3O4S2. The molecular weight excluding hydrogens is 254 g/mol. The number of nitrogens with one attached hydrogen (secondary N) is 2. The molecule has 1 heterocycles. The molecule has 7 nitrogen and oxygen atoms in total. The summed E-state index contributed by atoms with van der Waals surface area (Å²) in [6, 6.07) is -0.596. The van der Waals surface area contributed by atoms with Gasteiger partial charge in [-0.15, -0.1) is 0 Å². The topological polar surface area (TPSA) is 109 Å². The number of H-pyrrole nitrogens is 1. The van der Waals surface area contributed by atoms with E-state index in [0.29, 0.717) is 5.82 Å². The summed E-state index contributed by atoms with van der Waals surface area (Å²) in [7, 11) is -7.44. The molecule has 0 fully saturated rings. The highest BCUT2D eigenvalue weighted by Crippen LogP contribution is 2.07. The van der Waals surface area contributed by atoms with Crippen molar-refractivity contribution in [3.05, 3.63) is 18.2 Å². The number of imidazole rings is 1. The molecule has 0 saturated heterocycles. The van der Waals surface area contributed by atoms with Crippen molar-refractivity contribution in [1.82, 2.24) is 14.7 Å². The Morgan fingerprint density at radius 3 is 2.50 bits per heavy atom. The molecule has 0 bridgehead atoms. The molecule has 92 valence electrons. The Hall–Kier alpha value is -0.930. The Bertz CT molecular complexity index is 532. The lowest BCUT2D eigenvalue weighted by Crippen LogP contribution is -2.32. The monoisotopic (exact) mass is 267 g/mol. The Morgan fingerprint density at radius 1 is 1.44 bits per heavy atom. The van der Waals surface area contributed by atoms with Crippen LogP contribution in [0.5, 0.6) is 0 Å². The van der Waals surface area contributed by atoms with E-state index in [-0.39, 0.29) is 0 Å². The Balaban J connectivity index is 2.74. The summed E-state index contributed by atoms with van der Waals surface area (Å²) in [5, 5.41) is -0.926. The smallest absolute Gasteiger partial charge is 0.226 e. The zero-order valence-corrected chi connectivity index (χ0v) is 10.5. The van der Waals surface area contributed by atoms with E-state index < -0.39 is 31.0 Å². The van der Waals surface area contributed by atoms with E-state index in [9.17, 15) is 16.8 Å². The summed E-state index contributed by atoms with van der Waals surface area (Å²) in [4.78, 5) is 6.60. The number of sulfone groups is 1. The predicted octanol–water partition coefficient (Wildman–Crippen LogP) is -0.608.